The minimum absolute atomic E-state index is 0.0285. The van der Waals surface area contributed by atoms with Gasteiger partial charge < -0.3 is 10.2 Å². The highest BCUT2D eigenvalue weighted by molar-refractivity contribution is 8.00. The molecule has 1 atom stereocenters. The SMILES string of the molecule is C[C@H]1CCN(C(=O)CN(C)CC(=O)Nc2ccc(F)cc2)c2ccccc2S1. The van der Waals surface area contributed by atoms with Gasteiger partial charge in [-0.15, -0.1) is 11.8 Å². The molecule has 0 spiro atoms. The lowest BCUT2D eigenvalue weighted by Crippen LogP contribution is -2.42. The van der Waals surface area contributed by atoms with Gasteiger partial charge in [0.15, 0.2) is 0 Å². The van der Waals surface area contributed by atoms with E-state index in [1.54, 1.807) is 23.7 Å². The zero-order valence-corrected chi connectivity index (χ0v) is 16.8. The second-order valence-corrected chi connectivity index (χ2v) is 8.44. The Morgan fingerprint density at radius 3 is 2.64 bits per heavy atom. The fourth-order valence-electron chi connectivity index (χ4n) is 3.10. The molecule has 7 heteroatoms. The molecule has 5 nitrogen and oxygen atoms in total. The molecular weight excluding hydrogens is 377 g/mol. The quantitative estimate of drug-likeness (QED) is 0.832. The molecule has 0 aliphatic carbocycles. The molecule has 0 aromatic heterocycles. The number of para-hydroxylation sites is 1. The number of fused-ring (bicyclic) bond motifs is 1. The molecule has 2 amide bonds. The second-order valence-electron chi connectivity index (χ2n) is 6.96. The number of anilines is 2. The van der Waals surface area contributed by atoms with E-state index in [-0.39, 0.29) is 30.7 Å². The Balaban J connectivity index is 1.59. The first-order valence-electron chi connectivity index (χ1n) is 9.22. The minimum Gasteiger partial charge on any atom is -0.325 e. The van der Waals surface area contributed by atoms with Crippen LogP contribution in [0.25, 0.3) is 0 Å². The Hall–Kier alpha value is -2.38. The summed E-state index contributed by atoms with van der Waals surface area (Å²) in [5.74, 6) is -0.632. The predicted octanol–water partition coefficient (Wildman–Crippen LogP) is 3.61. The fraction of sp³-hybridized carbons (Fsp3) is 0.333. The van der Waals surface area contributed by atoms with Crippen LogP contribution in [0.5, 0.6) is 0 Å². The molecule has 1 aliphatic heterocycles. The molecule has 2 aromatic carbocycles. The summed E-state index contributed by atoms with van der Waals surface area (Å²) in [4.78, 5) is 29.7. The van der Waals surface area contributed by atoms with Crippen molar-refractivity contribution < 1.29 is 14.0 Å². The first kappa shape index (κ1) is 20.4. The van der Waals surface area contributed by atoms with Gasteiger partial charge in [-0.2, -0.15) is 0 Å². The van der Waals surface area contributed by atoms with Crippen LogP contribution in [0.2, 0.25) is 0 Å². The minimum atomic E-state index is -0.356. The molecular formula is C21H24FN3O2S. The van der Waals surface area contributed by atoms with Crippen molar-refractivity contribution in [1.82, 2.24) is 4.90 Å². The molecule has 0 fully saturated rings. The van der Waals surface area contributed by atoms with E-state index in [1.807, 2.05) is 29.2 Å². The third-order valence-electron chi connectivity index (χ3n) is 4.49. The normalized spacial score (nSPS) is 16.4. The Morgan fingerprint density at radius 1 is 1.18 bits per heavy atom. The number of hydrogen-bond donors (Lipinski definition) is 1. The van der Waals surface area contributed by atoms with E-state index in [4.69, 9.17) is 0 Å². The van der Waals surface area contributed by atoms with Crippen LogP contribution in [0, 0.1) is 5.82 Å². The van der Waals surface area contributed by atoms with Crippen molar-refractivity contribution >= 4 is 35.0 Å². The molecule has 0 unspecified atom stereocenters. The molecule has 2 aromatic rings. The topological polar surface area (TPSA) is 52.7 Å². The van der Waals surface area contributed by atoms with Gasteiger partial charge in [0.25, 0.3) is 0 Å². The van der Waals surface area contributed by atoms with E-state index in [9.17, 15) is 14.0 Å². The fourth-order valence-corrected chi connectivity index (χ4v) is 4.21. The number of amides is 2. The highest BCUT2D eigenvalue weighted by atomic mass is 32.2. The van der Waals surface area contributed by atoms with E-state index in [0.29, 0.717) is 17.5 Å². The molecule has 1 aliphatic rings. The molecule has 0 radical (unpaired) electrons. The third-order valence-corrected chi connectivity index (χ3v) is 5.73. The van der Waals surface area contributed by atoms with Crippen molar-refractivity contribution in [1.29, 1.82) is 0 Å². The Bertz CT molecular complexity index is 844. The summed E-state index contributed by atoms with van der Waals surface area (Å²) < 4.78 is 12.9. The highest BCUT2D eigenvalue weighted by Crippen LogP contribution is 2.37. The van der Waals surface area contributed by atoms with Gasteiger partial charge in [0.2, 0.25) is 11.8 Å². The lowest BCUT2D eigenvalue weighted by atomic mass is 10.2. The summed E-state index contributed by atoms with van der Waals surface area (Å²) in [6.45, 7) is 3.05. The van der Waals surface area contributed by atoms with Gasteiger partial charge in [-0.1, -0.05) is 19.1 Å². The maximum absolute atomic E-state index is 12.9. The number of thioether (sulfide) groups is 1. The van der Waals surface area contributed by atoms with Crippen LogP contribution >= 0.6 is 11.8 Å². The summed E-state index contributed by atoms with van der Waals surface area (Å²) in [5.41, 5.74) is 1.46. The first-order chi connectivity index (χ1) is 13.4. The number of nitrogens with one attached hydrogen (secondary N) is 1. The zero-order chi connectivity index (χ0) is 20.1. The van der Waals surface area contributed by atoms with Crippen molar-refractivity contribution in [2.45, 2.75) is 23.5 Å². The largest absolute Gasteiger partial charge is 0.325 e. The van der Waals surface area contributed by atoms with E-state index >= 15 is 0 Å². The lowest BCUT2D eigenvalue weighted by molar-refractivity contribution is -0.121. The van der Waals surface area contributed by atoms with Crippen LogP contribution in [0.1, 0.15) is 13.3 Å². The van der Waals surface area contributed by atoms with E-state index < -0.39 is 0 Å². The molecule has 1 N–H and O–H groups in total. The summed E-state index contributed by atoms with van der Waals surface area (Å²) in [7, 11) is 1.74. The smallest absolute Gasteiger partial charge is 0.241 e. The Labute approximate surface area is 168 Å². The maximum atomic E-state index is 12.9. The maximum Gasteiger partial charge on any atom is 0.241 e. The third kappa shape index (κ3) is 5.33. The molecule has 0 saturated heterocycles. The Kier molecular flexibility index (Phi) is 6.70. The number of rotatable bonds is 5. The van der Waals surface area contributed by atoms with Crippen LogP contribution in [-0.2, 0) is 9.59 Å². The number of nitrogens with zero attached hydrogens (tertiary/aromatic N) is 2. The number of carbonyl (C=O) groups excluding carboxylic acids is 2. The number of carbonyl (C=O) groups is 2. The number of likely N-dealkylation sites (N-methyl/N-ethyl adjacent to an activating group) is 1. The summed E-state index contributed by atoms with van der Waals surface area (Å²) in [6, 6.07) is 13.5. The Morgan fingerprint density at radius 2 is 1.89 bits per heavy atom. The summed E-state index contributed by atoms with van der Waals surface area (Å²) in [5, 5.41) is 3.15. The van der Waals surface area contributed by atoms with Crippen LogP contribution in [0.15, 0.2) is 53.4 Å². The molecule has 0 bridgehead atoms. The first-order valence-corrected chi connectivity index (χ1v) is 10.1. The highest BCUT2D eigenvalue weighted by Gasteiger charge is 2.25. The van der Waals surface area contributed by atoms with Crippen LogP contribution in [-0.4, -0.2) is 48.6 Å². The van der Waals surface area contributed by atoms with Gasteiger partial charge >= 0.3 is 0 Å². The predicted molar refractivity (Wildman–Crippen MR) is 111 cm³/mol. The molecule has 28 heavy (non-hydrogen) atoms. The van der Waals surface area contributed by atoms with E-state index in [2.05, 4.69) is 12.2 Å². The summed E-state index contributed by atoms with van der Waals surface area (Å²) >= 11 is 1.79. The van der Waals surface area contributed by atoms with Crippen LogP contribution < -0.4 is 10.2 Å². The van der Waals surface area contributed by atoms with Gasteiger partial charge in [-0.25, -0.2) is 4.39 Å². The average molecular weight is 402 g/mol. The van der Waals surface area contributed by atoms with Gasteiger partial charge in [-0.3, -0.25) is 14.5 Å². The van der Waals surface area contributed by atoms with E-state index in [1.165, 1.54) is 24.3 Å². The number of hydrogen-bond acceptors (Lipinski definition) is 4. The van der Waals surface area contributed by atoms with Crippen molar-refractivity contribution in [3.8, 4) is 0 Å². The second kappa shape index (κ2) is 9.21. The molecule has 0 saturated carbocycles. The van der Waals surface area contributed by atoms with Gasteiger partial charge in [-0.05, 0) is 49.9 Å². The van der Waals surface area contributed by atoms with Gasteiger partial charge in [0, 0.05) is 22.4 Å². The van der Waals surface area contributed by atoms with Gasteiger partial charge in [0.05, 0.1) is 18.8 Å². The average Bonchev–Trinajstić information content (AvgIpc) is 2.81. The van der Waals surface area contributed by atoms with Crippen LogP contribution in [0.4, 0.5) is 15.8 Å². The molecule has 148 valence electrons. The number of benzene rings is 2. The zero-order valence-electron chi connectivity index (χ0n) is 16.0. The van der Waals surface area contributed by atoms with Crippen molar-refractivity contribution in [3.63, 3.8) is 0 Å². The van der Waals surface area contributed by atoms with Crippen molar-refractivity contribution in [2.24, 2.45) is 0 Å². The van der Waals surface area contributed by atoms with Crippen molar-refractivity contribution in [2.75, 3.05) is 36.9 Å². The van der Waals surface area contributed by atoms with Crippen LogP contribution in [0.3, 0.4) is 0 Å². The number of halogens is 1. The van der Waals surface area contributed by atoms with E-state index in [0.717, 1.165) is 17.0 Å². The monoisotopic (exact) mass is 401 g/mol. The summed E-state index contributed by atoms with van der Waals surface area (Å²) in [6.07, 6.45) is 0.917. The standard InChI is InChI=1S/C21H24FN3O2S/c1-15-11-12-25(18-5-3-4-6-19(18)28-15)21(27)14-24(2)13-20(26)23-17-9-7-16(22)8-10-17/h3-10,15H,11-14H2,1-2H3,(H,23,26)/t15-/m0/s1. The lowest BCUT2D eigenvalue weighted by Gasteiger charge is -2.25. The molecule has 3 rings (SSSR count). The van der Waals surface area contributed by atoms with Gasteiger partial charge in [0.1, 0.15) is 5.82 Å². The molecule has 1 heterocycles. The van der Waals surface area contributed by atoms with Crippen molar-refractivity contribution in [3.05, 3.63) is 54.3 Å².